The van der Waals surface area contributed by atoms with Gasteiger partial charge in [-0.1, -0.05) is 0 Å². The van der Waals surface area contributed by atoms with E-state index in [0.29, 0.717) is 12.1 Å². The van der Waals surface area contributed by atoms with Gasteiger partial charge in [0.05, 0.1) is 12.2 Å². The van der Waals surface area contributed by atoms with Gasteiger partial charge >= 0.3 is 0 Å². The molecule has 0 aromatic rings. The molecule has 2 N–H and O–H groups in total. The molecule has 0 radical (unpaired) electrons. The summed E-state index contributed by atoms with van der Waals surface area (Å²) in [6.45, 7) is 4.10. The van der Waals surface area contributed by atoms with Crippen LogP contribution in [-0.4, -0.2) is 36.5 Å². The summed E-state index contributed by atoms with van der Waals surface area (Å²) in [5, 5.41) is 12.9. The molecule has 14 heavy (non-hydrogen) atoms. The number of ether oxygens (including phenoxy) is 1. The molecule has 1 saturated heterocycles. The topological polar surface area (TPSA) is 41.5 Å². The molecule has 3 nitrogen and oxygen atoms in total. The van der Waals surface area contributed by atoms with E-state index >= 15 is 0 Å². The minimum absolute atomic E-state index is 0.0905. The van der Waals surface area contributed by atoms with Gasteiger partial charge in [-0.15, -0.1) is 0 Å². The molecular weight excluding hydrogens is 178 g/mol. The Hall–Kier alpha value is -0.120. The highest BCUT2D eigenvalue weighted by molar-refractivity contribution is 4.87. The van der Waals surface area contributed by atoms with Crippen LogP contribution in [0.3, 0.4) is 0 Å². The standard InChI is InChI=1S/C11H21NO2/c1-8-6-9(4-5-14-8)7-12-10-2-3-11(10)13/h8-13H,2-7H2,1H3/t8?,9?,10-,11-/m1/s1. The van der Waals surface area contributed by atoms with Gasteiger partial charge in [-0.3, -0.25) is 0 Å². The van der Waals surface area contributed by atoms with Crippen LogP contribution in [0.15, 0.2) is 0 Å². The number of aliphatic hydroxyl groups is 1. The summed E-state index contributed by atoms with van der Waals surface area (Å²) in [6.07, 6.45) is 4.77. The highest BCUT2D eigenvalue weighted by Crippen LogP contribution is 2.22. The molecule has 0 spiro atoms. The first kappa shape index (κ1) is 10.4. The molecule has 2 aliphatic rings. The van der Waals surface area contributed by atoms with Crippen molar-refractivity contribution in [3.8, 4) is 0 Å². The van der Waals surface area contributed by atoms with Crippen LogP contribution in [0.1, 0.15) is 32.6 Å². The quantitative estimate of drug-likeness (QED) is 0.710. The van der Waals surface area contributed by atoms with Crippen molar-refractivity contribution in [1.29, 1.82) is 0 Å². The van der Waals surface area contributed by atoms with Crippen molar-refractivity contribution in [2.45, 2.75) is 50.9 Å². The third kappa shape index (κ3) is 2.47. The summed E-state index contributed by atoms with van der Waals surface area (Å²) >= 11 is 0. The molecule has 2 fully saturated rings. The Bertz CT molecular complexity index is 186. The second-order valence-electron chi connectivity index (χ2n) is 4.73. The normalized spacial score (nSPS) is 43.3. The van der Waals surface area contributed by atoms with Gasteiger partial charge in [-0.2, -0.15) is 0 Å². The van der Waals surface area contributed by atoms with E-state index in [0.717, 1.165) is 38.3 Å². The smallest absolute Gasteiger partial charge is 0.0693 e. The Morgan fingerprint density at radius 2 is 2.21 bits per heavy atom. The third-order valence-corrected chi connectivity index (χ3v) is 3.50. The molecule has 0 amide bonds. The van der Waals surface area contributed by atoms with E-state index in [2.05, 4.69) is 12.2 Å². The second kappa shape index (κ2) is 4.60. The van der Waals surface area contributed by atoms with Gasteiger partial charge < -0.3 is 15.2 Å². The summed E-state index contributed by atoms with van der Waals surface area (Å²) in [6, 6.07) is 0.369. The predicted molar refractivity (Wildman–Crippen MR) is 55.2 cm³/mol. The fraction of sp³-hybridized carbons (Fsp3) is 1.00. The fourth-order valence-electron chi connectivity index (χ4n) is 2.32. The zero-order chi connectivity index (χ0) is 9.97. The second-order valence-corrected chi connectivity index (χ2v) is 4.73. The number of hydrogen-bond donors (Lipinski definition) is 2. The first-order valence-electron chi connectivity index (χ1n) is 5.78. The van der Waals surface area contributed by atoms with Gasteiger partial charge in [0.2, 0.25) is 0 Å². The Labute approximate surface area is 85.8 Å². The minimum atomic E-state index is -0.0905. The molecular formula is C11H21NO2. The minimum Gasteiger partial charge on any atom is -0.392 e. The fourth-order valence-corrected chi connectivity index (χ4v) is 2.32. The van der Waals surface area contributed by atoms with Gasteiger partial charge in [0.15, 0.2) is 0 Å². The lowest BCUT2D eigenvalue weighted by Crippen LogP contribution is -2.49. The van der Waals surface area contributed by atoms with Crippen LogP contribution >= 0.6 is 0 Å². The monoisotopic (exact) mass is 199 g/mol. The molecule has 0 aromatic heterocycles. The summed E-state index contributed by atoms with van der Waals surface area (Å²) in [7, 11) is 0. The van der Waals surface area contributed by atoms with Crippen LogP contribution in [-0.2, 0) is 4.74 Å². The molecule has 4 atom stereocenters. The highest BCUT2D eigenvalue weighted by atomic mass is 16.5. The lowest BCUT2D eigenvalue weighted by atomic mass is 9.88. The van der Waals surface area contributed by atoms with Gasteiger partial charge in [0.25, 0.3) is 0 Å². The summed E-state index contributed by atoms with van der Waals surface area (Å²) in [5.74, 6) is 0.742. The maximum absolute atomic E-state index is 9.40. The van der Waals surface area contributed by atoms with E-state index in [1.807, 2.05) is 0 Å². The third-order valence-electron chi connectivity index (χ3n) is 3.50. The molecule has 2 rings (SSSR count). The number of nitrogens with one attached hydrogen (secondary N) is 1. The van der Waals surface area contributed by atoms with Crippen LogP contribution < -0.4 is 5.32 Å². The van der Waals surface area contributed by atoms with E-state index in [-0.39, 0.29) is 6.10 Å². The molecule has 1 saturated carbocycles. The van der Waals surface area contributed by atoms with Crippen LogP contribution in [0.5, 0.6) is 0 Å². The van der Waals surface area contributed by atoms with Crippen molar-refractivity contribution in [1.82, 2.24) is 5.32 Å². The average molecular weight is 199 g/mol. The van der Waals surface area contributed by atoms with E-state index in [9.17, 15) is 5.11 Å². The Kier molecular flexibility index (Phi) is 3.42. The van der Waals surface area contributed by atoms with Crippen molar-refractivity contribution in [2.24, 2.45) is 5.92 Å². The molecule has 82 valence electrons. The molecule has 1 aliphatic heterocycles. The van der Waals surface area contributed by atoms with Gasteiger partial charge in [0.1, 0.15) is 0 Å². The Morgan fingerprint density at radius 1 is 1.36 bits per heavy atom. The van der Waals surface area contributed by atoms with E-state index in [4.69, 9.17) is 4.74 Å². The van der Waals surface area contributed by atoms with Crippen LogP contribution in [0.2, 0.25) is 0 Å². The lowest BCUT2D eigenvalue weighted by Gasteiger charge is -2.35. The summed E-state index contributed by atoms with van der Waals surface area (Å²) in [5.41, 5.74) is 0. The molecule has 2 unspecified atom stereocenters. The molecule has 1 aliphatic carbocycles. The van der Waals surface area contributed by atoms with Crippen LogP contribution in [0, 0.1) is 5.92 Å². The SMILES string of the molecule is CC1CC(CN[C@@H]2CC[C@H]2O)CCO1. The number of aliphatic hydroxyl groups excluding tert-OH is 1. The van der Waals surface area contributed by atoms with Crippen molar-refractivity contribution >= 4 is 0 Å². The lowest BCUT2D eigenvalue weighted by molar-refractivity contribution is -0.00285. The number of hydrogen-bond acceptors (Lipinski definition) is 3. The zero-order valence-corrected chi connectivity index (χ0v) is 8.91. The van der Waals surface area contributed by atoms with Crippen molar-refractivity contribution < 1.29 is 9.84 Å². The first-order valence-corrected chi connectivity index (χ1v) is 5.78. The molecule has 0 bridgehead atoms. The number of rotatable bonds is 3. The van der Waals surface area contributed by atoms with Crippen molar-refractivity contribution in [3.63, 3.8) is 0 Å². The van der Waals surface area contributed by atoms with E-state index in [1.165, 1.54) is 6.42 Å². The first-order chi connectivity index (χ1) is 6.75. The van der Waals surface area contributed by atoms with E-state index in [1.54, 1.807) is 0 Å². The zero-order valence-electron chi connectivity index (χ0n) is 8.91. The van der Waals surface area contributed by atoms with Crippen molar-refractivity contribution in [2.75, 3.05) is 13.2 Å². The van der Waals surface area contributed by atoms with Crippen LogP contribution in [0.25, 0.3) is 0 Å². The van der Waals surface area contributed by atoms with Gasteiger partial charge in [-0.25, -0.2) is 0 Å². The average Bonchev–Trinajstić information content (AvgIpc) is 2.16. The van der Waals surface area contributed by atoms with Crippen molar-refractivity contribution in [3.05, 3.63) is 0 Å². The maximum Gasteiger partial charge on any atom is 0.0693 e. The maximum atomic E-state index is 9.40. The largest absolute Gasteiger partial charge is 0.392 e. The Morgan fingerprint density at radius 3 is 2.79 bits per heavy atom. The van der Waals surface area contributed by atoms with Crippen LogP contribution in [0.4, 0.5) is 0 Å². The molecule has 3 heteroatoms. The van der Waals surface area contributed by atoms with Gasteiger partial charge in [0, 0.05) is 12.6 Å². The Balaban J connectivity index is 1.64. The summed E-state index contributed by atoms with van der Waals surface area (Å²) in [4.78, 5) is 0. The summed E-state index contributed by atoms with van der Waals surface area (Å²) < 4.78 is 5.50. The molecule has 0 aromatic carbocycles. The predicted octanol–water partition coefficient (Wildman–Crippen LogP) is 0.914. The molecule has 1 heterocycles. The van der Waals surface area contributed by atoms with Gasteiger partial charge in [-0.05, 0) is 45.1 Å². The highest BCUT2D eigenvalue weighted by Gasteiger charge is 2.29. The van der Waals surface area contributed by atoms with E-state index < -0.39 is 0 Å².